The third kappa shape index (κ3) is 6.99. The first-order chi connectivity index (χ1) is 10.3. The van der Waals surface area contributed by atoms with Crippen LogP contribution in [0.2, 0.25) is 4.34 Å². The van der Waals surface area contributed by atoms with E-state index < -0.39 is 0 Å². The summed E-state index contributed by atoms with van der Waals surface area (Å²) in [7, 11) is 0. The lowest BCUT2D eigenvalue weighted by molar-refractivity contribution is 0.175. The van der Waals surface area contributed by atoms with Crippen molar-refractivity contribution >= 4 is 29.0 Å². The SMILES string of the molecule is CC(Cc1ccc(Cl)s1)NC(=O)NCCN(C(C)C)C(C)C. The second-order valence-electron chi connectivity index (χ2n) is 6.14. The highest BCUT2D eigenvalue weighted by Crippen LogP contribution is 2.22. The molecular formula is C16H28ClN3OS. The molecule has 0 aliphatic rings. The van der Waals surface area contributed by atoms with E-state index in [1.807, 2.05) is 19.1 Å². The highest BCUT2D eigenvalue weighted by atomic mass is 35.5. The monoisotopic (exact) mass is 345 g/mol. The van der Waals surface area contributed by atoms with E-state index in [4.69, 9.17) is 11.6 Å². The lowest BCUT2D eigenvalue weighted by atomic mass is 10.2. The maximum absolute atomic E-state index is 11.9. The van der Waals surface area contributed by atoms with Gasteiger partial charge in [-0.2, -0.15) is 0 Å². The molecule has 1 heterocycles. The molecule has 4 nitrogen and oxygen atoms in total. The smallest absolute Gasteiger partial charge is 0.315 e. The van der Waals surface area contributed by atoms with E-state index in [1.54, 1.807) is 11.3 Å². The van der Waals surface area contributed by atoms with Crippen LogP contribution in [0.5, 0.6) is 0 Å². The lowest BCUT2D eigenvalue weighted by Gasteiger charge is -2.30. The third-order valence-electron chi connectivity index (χ3n) is 3.50. The van der Waals surface area contributed by atoms with Crippen molar-refractivity contribution in [3.63, 3.8) is 0 Å². The van der Waals surface area contributed by atoms with E-state index in [1.165, 1.54) is 4.88 Å². The van der Waals surface area contributed by atoms with Crippen molar-refractivity contribution in [3.05, 3.63) is 21.3 Å². The molecule has 22 heavy (non-hydrogen) atoms. The summed E-state index contributed by atoms with van der Waals surface area (Å²) < 4.78 is 0.786. The van der Waals surface area contributed by atoms with Gasteiger partial charge in [0.2, 0.25) is 0 Å². The number of thiophene rings is 1. The fourth-order valence-corrected chi connectivity index (χ4v) is 3.72. The highest BCUT2D eigenvalue weighted by molar-refractivity contribution is 7.16. The molecule has 1 unspecified atom stereocenters. The molecule has 1 atom stereocenters. The normalized spacial score (nSPS) is 13.0. The molecule has 0 saturated carbocycles. The number of halogens is 1. The number of nitrogens with one attached hydrogen (secondary N) is 2. The van der Waals surface area contributed by atoms with Gasteiger partial charge in [0.05, 0.1) is 4.34 Å². The molecule has 0 fully saturated rings. The summed E-state index contributed by atoms with van der Waals surface area (Å²) in [6, 6.07) is 4.83. The van der Waals surface area contributed by atoms with Gasteiger partial charge in [0, 0.05) is 42.5 Å². The first-order valence-corrected chi connectivity index (χ1v) is 9.03. The zero-order chi connectivity index (χ0) is 16.7. The standard InChI is InChI=1S/C16H28ClN3OS/c1-11(2)20(12(3)4)9-8-18-16(21)19-13(5)10-14-6-7-15(17)22-14/h6-7,11-13H,8-10H2,1-5H3,(H2,18,19,21). The Labute approximate surface area is 143 Å². The van der Waals surface area contributed by atoms with Crippen molar-refractivity contribution in [2.75, 3.05) is 13.1 Å². The zero-order valence-corrected chi connectivity index (χ0v) is 15.7. The molecule has 2 N–H and O–H groups in total. The molecule has 1 aromatic heterocycles. The van der Waals surface area contributed by atoms with Crippen LogP contribution >= 0.6 is 22.9 Å². The van der Waals surface area contributed by atoms with Gasteiger partial charge in [0.15, 0.2) is 0 Å². The summed E-state index contributed by atoms with van der Waals surface area (Å²) in [5.41, 5.74) is 0. The number of carbonyl (C=O) groups excluding carboxylic acids is 1. The largest absolute Gasteiger partial charge is 0.337 e. The van der Waals surface area contributed by atoms with Crippen LogP contribution in [-0.2, 0) is 6.42 Å². The molecule has 126 valence electrons. The van der Waals surface area contributed by atoms with Gasteiger partial charge in [-0.1, -0.05) is 11.6 Å². The fraction of sp³-hybridized carbons (Fsp3) is 0.688. The summed E-state index contributed by atoms with van der Waals surface area (Å²) in [5.74, 6) is 0. The third-order valence-corrected chi connectivity index (χ3v) is 4.75. The van der Waals surface area contributed by atoms with Crippen LogP contribution in [0.1, 0.15) is 39.5 Å². The average molecular weight is 346 g/mol. The van der Waals surface area contributed by atoms with Gasteiger partial charge in [-0.3, -0.25) is 4.90 Å². The average Bonchev–Trinajstić information content (AvgIpc) is 2.78. The van der Waals surface area contributed by atoms with Gasteiger partial charge in [-0.25, -0.2) is 4.79 Å². The molecule has 0 radical (unpaired) electrons. The Bertz CT molecular complexity index is 454. The van der Waals surface area contributed by atoms with Gasteiger partial charge in [-0.05, 0) is 46.8 Å². The summed E-state index contributed by atoms with van der Waals surface area (Å²) in [6.45, 7) is 12.2. The molecule has 0 bridgehead atoms. The van der Waals surface area contributed by atoms with Crippen LogP contribution in [0.4, 0.5) is 4.79 Å². The van der Waals surface area contributed by atoms with Crippen LogP contribution in [0, 0.1) is 0 Å². The van der Waals surface area contributed by atoms with Crippen molar-refractivity contribution in [1.82, 2.24) is 15.5 Å². The topological polar surface area (TPSA) is 44.4 Å². The number of carbonyl (C=O) groups is 1. The number of amides is 2. The number of rotatable bonds is 8. The quantitative estimate of drug-likeness (QED) is 0.753. The molecule has 1 rings (SSSR count). The number of urea groups is 1. The molecule has 0 aliphatic carbocycles. The van der Waals surface area contributed by atoms with Crippen molar-refractivity contribution in [2.45, 2.75) is 59.2 Å². The van der Waals surface area contributed by atoms with Crippen LogP contribution in [0.25, 0.3) is 0 Å². The summed E-state index contributed by atoms with van der Waals surface area (Å²) in [5, 5.41) is 5.90. The Balaban J connectivity index is 2.27. The van der Waals surface area contributed by atoms with Crippen LogP contribution < -0.4 is 10.6 Å². The summed E-state index contributed by atoms with van der Waals surface area (Å²) in [6.07, 6.45) is 0.801. The first-order valence-electron chi connectivity index (χ1n) is 7.84. The minimum atomic E-state index is -0.109. The number of hydrogen-bond donors (Lipinski definition) is 2. The van der Waals surface area contributed by atoms with E-state index in [0.29, 0.717) is 18.6 Å². The van der Waals surface area contributed by atoms with Gasteiger partial charge in [0.1, 0.15) is 0 Å². The van der Waals surface area contributed by atoms with Crippen LogP contribution in [0.15, 0.2) is 12.1 Å². The Morgan fingerprint density at radius 1 is 1.23 bits per heavy atom. The fourth-order valence-electron chi connectivity index (χ4n) is 2.50. The number of nitrogens with zero attached hydrogens (tertiary/aromatic N) is 1. The maximum Gasteiger partial charge on any atom is 0.315 e. The highest BCUT2D eigenvalue weighted by Gasteiger charge is 2.14. The van der Waals surface area contributed by atoms with Crippen molar-refractivity contribution < 1.29 is 4.79 Å². The molecule has 0 aliphatic heterocycles. The predicted octanol–water partition coefficient (Wildman–Crippen LogP) is 3.75. The Hall–Kier alpha value is -0.780. The lowest BCUT2D eigenvalue weighted by Crippen LogP contribution is -2.46. The number of hydrogen-bond acceptors (Lipinski definition) is 3. The minimum absolute atomic E-state index is 0.0843. The summed E-state index contributed by atoms with van der Waals surface area (Å²) in [4.78, 5) is 15.4. The van der Waals surface area contributed by atoms with Crippen molar-refractivity contribution in [3.8, 4) is 0 Å². The van der Waals surface area contributed by atoms with Crippen molar-refractivity contribution in [2.24, 2.45) is 0 Å². The predicted molar refractivity (Wildman–Crippen MR) is 96.0 cm³/mol. The molecule has 2 amide bonds. The van der Waals surface area contributed by atoms with E-state index in [0.717, 1.165) is 17.3 Å². The minimum Gasteiger partial charge on any atom is -0.337 e. The maximum atomic E-state index is 11.9. The molecule has 0 spiro atoms. The zero-order valence-electron chi connectivity index (χ0n) is 14.1. The molecule has 6 heteroatoms. The van der Waals surface area contributed by atoms with E-state index >= 15 is 0 Å². The second-order valence-corrected chi connectivity index (χ2v) is 7.94. The van der Waals surface area contributed by atoms with Gasteiger partial charge < -0.3 is 10.6 Å². The summed E-state index contributed by atoms with van der Waals surface area (Å²) >= 11 is 7.47. The Morgan fingerprint density at radius 2 is 1.86 bits per heavy atom. The molecule has 0 saturated heterocycles. The Morgan fingerprint density at radius 3 is 2.36 bits per heavy atom. The van der Waals surface area contributed by atoms with E-state index in [-0.39, 0.29) is 12.1 Å². The Kier molecular flexibility index (Phi) is 8.21. The van der Waals surface area contributed by atoms with E-state index in [9.17, 15) is 4.79 Å². The van der Waals surface area contributed by atoms with Crippen molar-refractivity contribution in [1.29, 1.82) is 0 Å². The molecule has 0 aromatic carbocycles. The first kappa shape index (κ1) is 19.3. The van der Waals surface area contributed by atoms with E-state index in [2.05, 4.69) is 43.2 Å². The van der Waals surface area contributed by atoms with Gasteiger partial charge in [-0.15, -0.1) is 11.3 Å². The van der Waals surface area contributed by atoms with Gasteiger partial charge in [0.25, 0.3) is 0 Å². The van der Waals surface area contributed by atoms with Gasteiger partial charge >= 0.3 is 6.03 Å². The molecule has 1 aromatic rings. The van der Waals surface area contributed by atoms with Crippen LogP contribution in [0.3, 0.4) is 0 Å². The second kappa shape index (κ2) is 9.38. The molecular weight excluding hydrogens is 318 g/mol. The van der Waals surface area contributed by atoms with Crippen LogP contribution in [-0.4, -0.2) is 42.1 Å².